The molecule has 0 atom stereocenters. The Kier molecular flexibility index (Phi) is 8.62. The van der Waals surface area contributed by atoms with Crippen molar-refractivity contribution in [3.63, 3.8) is 0 Å². The lowest BCUT2D eigenvalue weighted by Crippen LogP contribution is -2.45. The Bertz CT molecular complexity index is 215. The molecule has 0 aromatic heterocycles. The van der Waals surface area contributed by atoms with E-state index in [2.05, 4.69) is 42.6 Å². The van der Waals surface area contributed by atoms with E-state index in [1.54, 1.807) is 0 Å². The maximum Gasteiger partial charge on any atom is 0.0518 e. The van der Waals surface area contributed by atoms with Crippen LogP contribution < -0.4 is 0 Å². The molecule has 0 aliphatic carbocycles. The van der Waals surface area contributed by atoms with Crippen LogP contribution in [-0.2, 0) is 4.74 Å². The van der Waals surface area contributed by atoms with E-state index in [4.69, 9.17) is 4.74 Å². The minimum absolute atomic E-state index is 0.363. The maximum absolute atomic E-state index is 5.56. The highest BCUT2D eigenvalue weighted by molar-refractivity contribution is 4.69. The number of likely N-dealkylation sites (N-methyl/N-ethyl adjacent to an activating group) is 1. The van der Waals surface area contributed by atoms with E-state index in [1.807, 2.05) is 0 Å². The maximum atomic E-state index is 5.56. The molecule has 114 valence electrons. The average Bonchev–Trinajstić information content (AvgIpc) is 2.37. The zero-order valence-corrected chi connectivity index (χ0v) is 13.4. The van der Waals surface area contributed by atoms with Crippen molar-refractivity contribution >= 4 is 0 Å². The van der Waals surface area contributed by atoms with Gasteiger partial charge in [0.15, 0.2) is 0 Å². The number of nitrogens with zero attached hydrogens (tertiary/aromatic N) is 3. The Balaban J connectivity index is 1.93. The Morgan fingerprint density at radius 3 is 2.32 bits per heavy atom. The summed E-state index contributed by atoms with van der Waals surface area (Å²) in [5.74, 6) is 0. The van der Waals surface area contributed by atoms with Crippen molar-refractivity contribution in [2.45, 2.75) is 32.8 Å². The number of rotatable bonds is 9. The van der Waals surface area contributed by atoms with Gasteiger partial charge in [-0.25, -0.2) is 0 Å². The van der Waals surface area contributed by atoms with Crippen LogP contribution in [0.3, 0.4) is 0 Å². The predicted molar refractivity (Wildman–Crippen MR) is 81.8 cm³/mol. The monoisotopic (exact) mass is 271 g/mol. The van der Waals surface area contributed by atoms with E-state index in [1.165, 1.54) is 45.7 Å². The molecule has 1 heterocycles. The summed E-state index contributed by atoms with van der Waals surface area (Å²) in [5.41, 5.74) is 0. The van der Waals surface area contributed by atoms with E-state index >= 15 is 0 Å². The summed E-state index contributed by atoms with van der Waals surface area (Å²) in [4.78, 5) is 7.44. The van der Waals surface area contributed by atoms with Gasteiger partial charge in [0.2, 0.25) is 0 Å². The molecule has 0 N–H and O–H groups in total. The lowest BCUT2D eigenvalue weighted by molar-refractivity contribution is 0.0717. The Labute approximate surface area is 119 Å². The van der Waals surface area contributed by atoms with E-state index in [-0.39, 0.29) is 0 Å². The molecule has 4 nitrogen and oxygen atoms in total. The molecule has 0 spiro atoms. The molecule has 19 heavy (non-hydrogen) atoms. The van der Waals surface area contributed by atoms with Crippen LogP contribution in [-0.4, -0.2) is 87.3 Å². The van der Waals surface area contributed by atoms with Crippen molar-refractivity contribution in [1.82, 2.24) is 14.7 Å². The van der Waals surface area contributed by atoms with Gasteiger partial charge in [0.05, 0.1) is 6.10 Å². The van der Waals surface area contributed by atoms with Crippen LogP contribution in [0.25, 0.3) is 0 Å². The highest BCUT2D eigenvalue weighted by Gasteiger charge is 2.12. The normalized spacial score (nSPS) is 18.6. The van der Waals surface area contributed by atoms with Gasteiger partial charge in [0.25, 0.3) is 0 Å². The molecule has 0 unspecified atom stereocenters. The van der Waals surface area contributed by atoms with Crippen molar-refractivity contribution < 1.29 is 4.74 Å². The van der Waals surface area contributed by atoms with Crippen LogP contribution in [0.5, 0.6) is 0 Å². The molecule has 0 bridgehead atoms. The smallest absolute Gasteiger partial charge is 0.0518 e. The van der Waals surface area contributed by atoms with Crippen LogP contribution in [0.1, 0.15) is 26.7 Å². The van der Waals surface area contributed by atoms with Gasteiger partial charge in [-0.2, -0.15) is 0 Å². The zero-order valence-electron chi connectivity index (χ0n) is 13.4. The lowest BCUT2D eigenvalue weighted by atomic mass is 10.3. The molecule has 1 rings (SSSR count). The van der Waals surface area contributed by atoms with Gasteiger partial charge in [0, 0.05) is 39.3 Å². The summed E-state index contributed by atoms with van der Waals surface area (Å²) in [7, 11) is 4.43. The van der Waals surface area contributed by atoms with Crippen LogP contribution in [0, 0.1) is 0 Å². The first-order valence-corrected chi connectivity index (χ1v) is 7.79. The molecule has 0 amide bonds. The summed E-state index contributed by atoms with van der Waals surface area (Å²) < 4.78 is 5.56. The number of hydrogen-bond donors (Lipinski definition) is 0. The largest absolute Gasteiger partial charge is 0.379 e. The summed E-state index contributed by atoms with van der Waals surface area (Å²) in [5, 5.41) is 0. The number of hydrogen-bond acceptors (Lipinski definition) is 4. The standard InChI is InChI=1S/C15H33N3O/c1-15(2)19-14-6-8-16(3)7-5-9-18-12-10-17(4)11-13-18/h15H,5-14H2,1-4H3. The Hall–Kier alpha value is -0.160. The molecule has 0 aromatic rings. The zero-order chi connectivity index (χ0) is 14.1. The Morgan fingerprint density at radius 1 is 1.05 bits per heavy atom. The van der Waals surface area contributed by atoms with Crippen molar-refractivity contribution in [3.05, 3.63) is 0 Å². The predicted octanol–water partition coefficient (Wildman–Crippen LogP) is 1.37. The van der Waals surface area contributed by atoms with Crippen LogP contribution in [0.4, 0.5) is 0 Å². The average molecular weight is 271 g/mol. The van der Waals surface area contributed by atoms with Crippen molar-refractivity contribution in [1.29, 1.82) is 0 Å². The fraction of sp³-hybridized carbons (Fsp3) is 1.00. The fourth-order valence-electron chi connectivity index (χ4n) is 2.40. The molecular weight excluding hydrogens is 238 g/mol. The van der Waals surface area contributed by atoms with Crippen LogP contribution in [0.15, 0.2) is 0 Å². The molecule has 1 saturated heterocycles. The third kappa shape index (κ3) is 8.58. The summed E-state index contributed by atoms with van der Waals surface area (Å²) >= 11 is 0. The highest BCUT2D eigenvalue weighted by Crippen LogP contribution is 2.01. The third-order valence-electron chi connectivity index (χ3n) is 3.75. The second kappa shape index (κ2) is 9.70. The molecular formula is C15H33N3O. The quantitative estimate of drug-likeness (QED) is 0.590. The SMILES string of the molecule is CC(C)OCCCN(C)CCCN1CCN(C)CC1. The van der Waals surface area contributed by atoms with E-state index in [0.717, 1.165) is 19.6 Å². The summed E-state index contributed by atoms with van der Waals surface area (Å²) in [6, 6.07) is 0. The summed E-state index contributed by atoms with van der Waals surface area (Å²) in [6.45, 7) is 13.6. The van der Waals surface area contributed by atoms with E-state index in [0.29, 0.717) is 6.10 Å². The first-order valence-electron chi connectivity index (χ1n) is 7.79. The molecule has 1 aliphatic rings. The third-order valence-corrected chi connectivity index (χ3v) is 3.75. The van der Waals surface area contributed by atoms with Gasteiger partial charge in [0.1, 0.15) is 0 Å². The van der Waals surface area contributed by atoms with Crippen molar-refractivity contribution in [2.75, 3.05) is 66.5 Å². The topological polar surface area (TPSA) is 19.0 Å². The minimum atomic E-state index is 0.363. The Morgan fingerprint density at radius 2 is 1.68 bits per heavy atom. The second-order valence-electron chi connectivity index (χ2n) is 6.07. The molecule has 0 radical (unpaired) electrons. The minimum Gasteiger partial charge on any atom is -0.379 e. The molecule has 0 saturated carbocycles. The van der Waals surface area contributed by atoms with E-state index < -0.39 is 0 Å². The van der Waals surface area contributed by atoms with Crippen LogP contribution >= 0.6 is 0 Å². The lowest BCUT2D eigenvalue weighted by Gasteiger charge is -2.32. The van der Waals surface area contributed by atoms with Gasteiger partial charge in [-0.05, 0) is 53.9 Å². The van der Waals surface area contributed by atoms with Crippen LogP contribution in [0.2, 0.25) is 0 Å². The van der Waals surface area contributed by atoms with E-state index in [9.17, 15) is 0 Å². The highest BCUT2D eigenvalue weighted by atomic mass is 16.5. The van der Waals surface area contributed by atoms with Crippen molar-refractivity contribution in [2.24, 2.45) is 0 Å². The summed E-state index contributed by atoms with van der Waals surface area (Å²) in [6.07, 6.45) is 2.79. The first kappa shape index (κ1) is 16.9. The molecule has 4 heteroatoms. The number of ether oxygens (including phenoxy) is 1. The van der Waals surface area contributed by atoms with Gasteiger partial charge >= 0.3 is 0 Å². The fourth-order valence-corrected chi connectivity index (χ4v) is 2.40. The van der Waals surface area contributed by atoms with Gasteiger partial charge in [-0.3, -0.25) is 0 Å². The van der Waals surface area contributed by atoms with Gasteiger partial charge in [-0.1, -0.05) is 0 Å². The number of piperazine rings is 1. The van der Waals surface area contributed by atoms with Gasteiger partial charge in [-0.15, -0.1) is 0 Å². The molecule has 1 fully saturated rings. The molecule has 1 aliphatic heterocycles. The van der Waals surface area contributed by atoms with Crippen molar-refractivity contribution in [3.8, 4) is 0 Å². The van der Waals surface area contributed by atoms with Gasteiger partial charge < -0.3 is 19.4 Å². The molecule has 0 aromatic carbocycles. The second-order valence-corrected chi connectivity index (χ2v) is 6.07. The first-order chi connectivity index (χ1) is 9.08.